The Bertz CT molecular complexity index is 1010. The number of anilines is 1. The van der Waals surface area contributed by atoms with E-state index in [4.69, 9.17) is 9.47 Å². The average Bonchev–Trinajstić information content (AvgIpc) is 3.29. The summed E-state index contributed by atoms with van der Waals surface area (Å²) in [5.74, 6) is 0.338. The number of carbonyl (C=O) groups excluding carboxylic acids is 1. The molecule has 1 amide bonds. The first kappa shape index (κ1) is 21.6. The van der Waals surface area contributed by atoms with Gasteiger partial charge in [0.05, 0.1) is 24.8 Å². The van der Waals surface area contributed by atoms with Crippen molar-refractivity contribution >= 4 is 27.3 Å². The van der Waals surface area contributed by atoms with Crippen LogP contribution in [-0.4, -0.2) is 40.8 Å². The zero-order valence-corrected chi connectivity index (χ0v) is 17.8. The second kappa shape index (κ2) is 9.62. The van der Waals surface area contributed by atoms with Crippen molar-refractivity contribution in [3.05, 3.63) is 48.5 Å². The lowest BCUT2D eigenvalue weighted by Crippen LogP contribution is -2.40. The van der Waals surface area contributed by atoms with Crippen LogP contribution >= 0.6 is 0 Å². The molecule has 1 N–H and O–H groups in total. The van der Waals surface area contributed by atoms with E-state index in [1.807, 2.05) is 0 Å². The first-order valence-electron chi connectivity index (χ1n) is 9.60. The van der Waals surface area contributed by atoms with Gasteiger partial charge in [0.2, 0.25) is 0 Å². The van der Waals surface area contributed by atoms with Gasteiger partial charge in [0.15, 0.2) is 0 Å². The summed E-state index contributed by atoms with van der Waals surface area (Å²) in [6.07, 6.45) is 3.79. The van der Waals surface area contributed by atoms with Crippen LogP contribution in [0.15, 0.2) is 58.5 Å². The minimum atomic E-state index is -4.06. The van der Waals surface area contributed by atoms with Gasteiger partial charge in [-0.05, 0) is 62.1 Å². The van der Waals surface area contributed by atoms with Crippen molar-refractivity contribution in [3.8, 4) is 11.5 Å². The van der Waals surface area contributed by atoms with Gasteiger partial charge in [-0.2, -0.15) is 5.10 Å². The molecule has 1 fully saturated rings. The Morgan fingerprint density at radius 1 is 1.03 bits per heavy atom. The number of para-hydroxylation sites is 2. The molecule has 0 spiro atoms. The second-order valence-electron chi connectivity index (χ2n) is 6.78. The lowest BCUT2D eigenvalue weighted by Gasteiger charge is -2.25. The fraction of sp³-hybridized carbons (Fsp3) is 0.333. The molecule has 0 saturated heterocycles. The van der Waals surface area contributed by atoms with E-state index in [1.54, 1.807) is 36.4 Å². The van der Waals surface area contributed by atoms with Crippen LogP contribution in [0.3, 0.4) is 0 Å². The van der Waals surface area contributed by atoms with Gasteiger partial charge in [0.1, 0.15) is 18.0 Å². The number of rotatable bonds is 8. The van der Waals surface area contributed by atoms with Gasteiger partial charge in [0.25, 0.3) is 15.9 Å². The number of nitrogens with one attached hydrogen (secondary N) is 1. The molecule has 160 valence electrons. The Morgan fingerprint density at radius 3 is 2.33 bits per heavy atom. The summed E-state index contributed by atoms with van der Waals surface area (Å²) < 4.78 is 38.3. The minimum Gasteiger partial charge on any atom is -0.497 e. The van der Waals surface area contributed by atoms with Crippen LogP contribution in [0.2, 0.25) is 0 Å². The molecule has 8 nitrogen and oxygen atoms in total. The molecule has 1 aliphatic rings. The van der Waals surface area contributed by atoms with Crippen LogP contribution in [0.5, 0.6) is 11.5 Å². The lowest BCUT2D eigenvalue weighted by molar-refractivity contribution is -0.119. The third-order valence-electron chi connectivity index (χ3n) is 4.81. The zero-order chi connectivity index (χ0) is 21.6. The number of ether oxygens (including phenoxy) is 2. The Morgan fingerprint density at radius 2 is 1.70 bits per heavy atom. The maximum Gasteiger partial charge on any atom is 0.264 e. The normalized spacial score (nSPS) is 13.6. The molecule has 2 aromatic rings. The second-order valence-corrected chi connectivity index (χ2v) is 8.64. The number of carbonyl (C=O) groups is 1. The van der Waals surface area contributed by atoms with Crippen LogP contribution in [0.4, 0.5) is 5.69 Å². The largest absolute Gasteiger partial charge is 0.497 e. The highest BCUT2D eigenvalue weighted by atomic mass is 32.2. The molecule has 3 rings (SSSR count). The number of hydrazone groups is 1. The number of amides is 1. The molecule has 0 unspecified atom stereocenters. The Balaban J connectivity index is 1.94. The molecular formula is C21H25N3O5S. The first-order valence-corrected chi connectivity index (χ1v) is 11.0. The molecule has 2 aromatic carbocycles. The topological polar surface area (TPSA) is 97.3 Å². The number of benzene rings is 2. The predicted molar refractivity (Wildman–Crippen MR) is 115 cm³/mol. The molecule has 0 radical (unpaired) electrons. The highest BCUT2D eigenvalue weighted by molar-refractivity contribution is 7.92. The number of sulfonamides is 1. The van der Waals surface area contributed by atoms with E-state index in [9.17, 15) is 13.2 Å². The van der Waals surface area contributed by atoms with Gasteiger partial charge in [-0.15, -0.1) is 0 Å². The van der Waals surface area contributed by atoms with Crippen molar-refractivity contribution in [2.45, 2.75) is 30.6 Å². The molecule has 0 aromatic heterocycles. The zero-order valence-electron chi connectivity index (χ0n) is 17.0. The maximum atomic E-state index is 13.4. The molecular weight excluding hydrogens is 406 g/mol. The van der Waals surface area contributed by atoms with E-state index in [2.05, 4.69) is 10.5 Å². The van der Waals surface area contributed by atoms with E-state index >= 15 is 0 Å². The van der Waals surface area contributed by atoms with Gasteiger partial charge in [-0.3, -0.25) is 9.10 Å². The van der Waals surface area contributed by atoms with Crippen molar-refractivity contribution in [3.63, 3.8) is 0 Å². The van der Waals surface area contributed by atoms with Crippen LogP contribution in [0.25, 0.3) is 0 Å². The minimum absolute atomic E-state index is 0.0316. The third kappa shape index (κ3) is 4.91. The van der Waals surface area contributed by atoms with E-state index in [0.29, 0.717) is 11.5 Å². The summed E-state index contributed by atoms with van der Waals surface area (Å²) in [5, 5.41) is 4.14. The highest BCUT2D eigenvalue weighted by Crippen LogP contribution is 2.32. The van der Waals surface area contributed by atoms with Gasteiger partial charge in [-0.1, -0.05) is 12.1 Å². The molecule has 0 heterocycles. The number of nitrogens with zero attached hydrogens (tertiary/aromatic N) is 2. The van der Waals surface area contributed by atoms with E-state index in [-0.39, 0.29) is 10.6 Å². The highest BCUT2D eigenvalue weighted by Gasteiger charge is 2.29. The van der Waals surface area contributed by atoms with Crippen LogP contribution in [0, 0.1) is 0 Å². The van der Waals surface area contributed by atoms with Gasteiger partial charge in [-0.25, -0.2) is 13.8 Å². The van der Waals surface area contributed by atoms with E-state index in [0.717, 1.165) is 35.7 Å². The predicted octanol–water partition coefficient (Wildman–Crippen LogP) is 2.95. The van der Waals surface area contributed by atoms with Crippen molar-refractivity contribution in [2.75, 3.05) is 25.1 Å². The van der Waals surface area contributed by atoms with E-state index < -0.39 is 22.5 Å². The van der Waals surface area contributed by atoms with Gasteiger partial charge in [0, 0.05) is 5.71 Å². The summed E-state index contributed by atoms with van der Waals surface area (Å²) in [4.78, 5) is 12.6. The SMILES string of the molecule is COc1ccc(S(=O)(=O)N(CC(=O)NN=C2CCCC2)c2ccccc2OC)cc1. The van der Waals surface area contributed by atoms with Crippen LogP contribution in [0.1, 0.15) is 25.7 Å². The molecule has 0 aliphatic heterocycles. The molecule has 0 atom stereocenters. The molecule has 1 aliphatic carbocycles. The number of hydrogen-bond acceptors (Lipinski definition) is 6. The van der Waals surface area contributed by atoms with Crippen LogP contribution in [-0.2, 0) is 14.8 Å². The van der Waals surface area contributed by atoms with Crippen LogP contribution < -0.4 is 19.2 Å². The van der Waals surface area contributed by atoms with Gasteiger partial charge >= 0.3 is 0 Å². The Hall–Kier alpha value is -3.07. The summed E-state index contributed by atoms with van der Waals surface area (Å²) in [6, 6.07) is 12.6. The average molecular weight is 432 g/mol. The molecule has 1 saturated carbocycles. The monoisotopic (exact) mass is 431 g/mol. The fourth-order valence-electron chi connectivity index (χ4n) is 3.21. The summed E-state index contributed by atoms with van der Waals surface area (Å²) in [5.41, 5.74) is 3.67. The van der Waals surface area contributed by atoms with E-state index in [1.165, 1.54) is 26.4 Å². The van der Waals surface area contributed by atoms with Crippen molar-refractivity contribution in [1.29, 1.82) is 0 Å². The Kier molecular flexibility index (Phi) is 6.94. The first-order chi connectivity index (χ1) is 14.5. The Labute approximate surface area is 176 Å². The molecule has 0 bridgehead atoms. The standard InChI is InChI=1S/C21H25N3O5S/c1-28-17-11-13-18(14-12-17)30(26,27)24(19-9-5-6-10-20(19)29-2)15-21(25)23-22-16-7-3-4-8-16/h5-6,9-14H,3-4,7-8,15H2,1-2H3,(H,23,25). The van der Waals surface area contributed by atoms with Crippen molar-refractivity contribution in [2.24, 2.45) is 5.10 Å². The molecule has 30 heavy (non-hydrogen) atoms. The summed E-state index contributed by atoms with van der Waals surface area (Å²) >= 11 is 0. The smallest absolute Gasteiger partial charge is 0.264 e. The van der Waals surface area contributed by atoms with Crippen molar-refractivity contribution in [1.82, 2.24) is 5.43 Å². The third-order valence-corrected chi connectivity index (χ3v) is 6.58. The fourth-order valence-corrected chi connectivity index (χ4v) is 4.64. The molecule has 9 heteroatoms. The number of methoxy groups -OCH3 is 2. The maximum absolute atomic E-state index is 13.4. The van der Waals surface area contributed by atoms with Gasteiger partial charge < -0.3 is 9.47 Å². The summed E-state index contributed by atoms with van der Waals surface area (Å²) in [6.45, 7) is -0.439. The lowest BCUT2D eigenvalue weighted by atomic mass is 10.3. The van der Waals surface area contributed by atoms with Crippen molar-refractivity contribution < 1.29 is 22.7 Å². The summed E-state index contributed by atoms with van der Waals surface area (Å²) in [7, 11) is -1.11. The quantitative estimate of drug-likeness (QED) is 0.648. The number of hydrogen-bond donors (Lipinski definition) is 1.